The fourth-order valence-electron chi connectivity index (χ4n) is 1.72. The molecule has 2 aromatic rings. The van der Waals surface area contributed by atoms with Crippen LogP contribution in [-0.2, 0) is 0 Å². The summed E-state index contributed by atoms with van der Waals surface area (Å²) in [4.78, 5) is 0. The normalized spacial score (nSPS) is 11.5. The van der Waals surface area contributed by atoms with E-state index >= 15 is 0 Å². The van der Waals surface area contributed by atoms with Gasteiger partial charge in [0.25, 0.3) is 0 Å². The Balaban J connectivity index is 2.34. The molecule has 0 N–H and O–H groups in total. The van der Waals surface area contributed by atoms with Crippen LogP contribution in [0.25, 0.3) is 0 Å². The number of rotatable bonds is 4. The number of hydrogen-bond acceptors (Lipinski definition) is 2. The first-order chi connectivity index (χ1) is 10.6. The Labute approximate surface area is 165 Å². The van der Waals surface area contributed by atoms with Gasteiger partial charge in [0.1, 0.15) is 21.5 Å². The Kier molecular flexibility index (Phi) is 6.29. The van der Waals surface area contributed by atoms with Gasteiger partial charge in [-0.15, -0.1) is 0 Å². The van der Waals surface area contributed by atoms with Crippen molar-refractivity contribution < 1.29 is 8.85 Å². The summed E-state index contributed by atoms with van der Waals surface area (Å²) in [5.41, 5.74) is 0. The number of halogens is 6. The average Bonchev–Trinajstić information content (AvgIpc) is 2.48. The lowest BCUT2D eigenvalue weighted by atomic mass is 10.3. The first kappa shape index (κ1) is 19.3. The fourth-order valence-corrected chi connectivity index (χ4v) is 4.62. The van der Waals surface area contributed by atoms with Gasteiger partial charge >= 0.3 is 8.56 Å². The molecule has 2 nitrogen and oxygen atoms in total. The SMILES string of the molecule is C[Si](C)(Oc1c(Cl)ccc(Cl)c1Cl)Oc1c(Cl)ccc(Cl)c1Cl. The van der Waals surface area contributed by atoms with Gasteiger partial charge in [-0.1, -0.05) is 69.6 Å². The Bertz CT molecular complexity index is 689. The molecule has 2 aromatic carbocycles. The van der Waals surface area contributed by atoms with E-state index in [4.69, 9.17) is 78.5 Å². The van der Waals surface area contributed by atoms with Gasteiger partial charge < -0.3 is 8.85 Å². The zero-order valence-corrected chi connectivity index (χ0v) is 17.4. The van der Waals surface area contributed by atoms with Crippen molar-refractivity contribution in [3.8, 4) is 11.5 Å². The molecule has 0 fully saturated rings. The Hall–Kier alpha value is -0.00312. The van der Waals surface area contributed by atoms with Crippen LogP contribution in [0.15, 0.2) is 24.3 Å². The van der Waals surface area contributed by atoms with Gasteiger partial charge in [-0.3, -0.25) is 0 Å². The standard InChI is InChI=1S/C14H10Cl6O2Si/c1-23(2,21-13-9(17)5-3-7(15)11(13)19)22-14-10(18)6-4-8(16)12(14)20/h3-6H,1-2H3. The van der Waals surface area contributed by atoms with E-state index in [9.17, 15) is 0 Å². The van der Waals surface area contributed by atoms with E-state index in [1.807, 2.05) is 0 Å². The van der Waals surface area contributed by atoms with Crippen LogP contribution in [0.1, 0.15) is 0 Å². The van der Waals surface area contributed by atoms with E-state index in [2.05, 4.69) is 0 Å². The van der Waals surface area contributed by atoms with Gasteiger partial charge in [-0.05, 0) is 24.3 Å². The summed E-state index contributed by atoms with van der Waals surface area (Å²) in [5.74, 6) is 0.513. The van der Waals surface area contributed by atoms with Crippen molar-refractivity contribution in [1.29, 1.82) is 0 Å². The van der Waals surface area contributed by atoms with Crippen LogP contribution in [-0.4, -0.2) is 8.56 Å². The monoisotopic (exact) mass is 448 g/mol. The third-order valence-electron chi connectivity index (χ3n) is 2.70. The molecule has 0 heterocycles. The van der Waals surface area contributed by atoms with E-state index in [-0.39, 0.29) is 21.5 Å². The molecular weight excluding hydrogens is 441 g/mol. The first-order valence-corrected chi connectivity index (χ1v) is 11.4. The molecule has 0 aromatic heterocycles. The zero-order chi connectivity index (χ0) is 17.4. The van der Waals surface area contributed by atoms with Crippen LogP contribution in [0, 0.1) is 0 Å². The van der Waals surface area contributed by atoms with Gasteiger partial charge in [0, 0.05) is 13.1 Å². The van der Waals surface area contributed by atoms with Crippen molar-refractivity contribution in [1.82, 2.24) is 0 Å². The summed E-state index contributed by atoms with van der Waals surface area (Å²) in [6.45, 7) is 3.57. The smallest absolute Gasteiger partial charge is 0.454 e. The van der Waals surface area contributed by atoms with Crippen molar-refractivity contribution in [3.63, 3.8) is 0 Å². The molecule has 0 unspecified atom stereocenters. The fraction of sp³-hybridized carbons (Fsp3) is 0.143. The molecule has 0 saturated carbocycles. The summed E-state index contributed by atoms with van der Waals surface area (Å²) in [6, 6.07) is 6.35. The minimum absolute atomic E-state index is 0.214. The van der Waals surface area contributed by atoms with Crippen molar-refractivity contribution in [3.05, 3.63) is 54.4 Å². The van der Waals surface area contributed by atoms with Gasteiger partial charge in [0.05, 0.1) is 20.1 Å². The predicted molar refractivity (Wildman–Crippen MR) is 102 cm³/mol. The molecule has 23 heavy (non-hydrogen) atoms. The molecule has 0 spiro atoms. The van der Waals surface area contributed by atoms with Crippen molar-refractivity contribution >= 4 is 78.2 Å². The second kappa shape index (κ2) is 7.48. The molecule has 9 heteroatoms. The van der Waals surface area contributed by atoms with Crippen LogP contribution >= 0.6 is 69.6 Å². The predicted octanol–water partition coefficient (Wildman–Crippen LogP) is 7.77. The maximum atomic E-state index is 6.15. The highest BCUT2D eigenvalue weighted by atomic mass is 35.5. The summed E-state index contributed by atoms with van der Waals surface area (Å²) >= 11 is 36.5. The van der Waals surface area contributed by atoms with Crippen molar-refractivity contribution in [2.75, 3.05) is 0 Å². The van der Waals surface area contributed by atoms with Crippen LogP contribution in [0.5, 0.6) is 11.5 Å². The summed E-state index contributed by atoms with van der Waals surface area (Å²) in [6.07, 6.45) is 0. The van der Waals surface area contributed by atoms with Crippen molar-refractivity contribution in [2.45, 2.75) is 13.1 Å². The molecular formula is C14H10Cl6O2Si. The van der Waals surface area contributed by atoms with Gasteiger partial charge in [0.2, 0.25) is 0 Å². The molecule has 0 amide bonds. The summed E-state index contributed by atoms with van der Waals surface area (Å²) < 4.78 is 11.8. The Morgan fingerprint density at radius 3 is 1.26 bits per heavy atom. The summed E-state index contributed by atoms with van der Waals surface area (Å²) in [5, 5.41) is 1.74. The maximum absolute atomic E-state index is 6.15. The van der Waals surface area contributed by atoms with E-state index in [1.54, 1.807) is 37.4 Å². The molecule has 124 valence electrons. The quantitative estimate of drug-likeness (QED) is 0.350. The zero-order valence-electron chi connectivity index (χ0n) is 11.9. The van der Waals surface area contributed by atoms with Crippen LogP contribution < -0.4 is 8.85 Å². The lowest BCUT2D eigenvalue weighted by Crippen LogP contribution is -2.42. The van der Waals surface area contributed by atoms with E-state index < -0.39 is 8.56 Å². The van der Waals surface area contributed by atoms with Crippen molar-refractivity contribution in [2.24, 2.45) is 0 Å². The second-order valence-corrected chi connectivity index (χ2v) is 10.5. The summed E-state index contributed by atoms with van der Waals surface area (Å²) in [7, 11) is -2.81. The average molecular weight is 451 g/mol. The molecule has 0 radical (unpaired) electrons. The van der Waals surface area contributed by atoms with Gasteiger partial charge in [0.15, 0.2) is 0 Å². The minimum Gasteiger partial charge on any atom is -0.509 e. The van der Waals surface area contributed by atoms with Gasteiger partial charge in [-0.25, -0.2) is 0 Å². The third kappa shape index (κ3) is 4.54. The second-order valence-electron chi connectivity index (χ2n) is 4.95. The Morgan fingerprint density at radius 1 is 0.609 bits per heavy atom. The molecule has 0 aliphatic carbocycles. The van der Waals surface area contributed by atoms with E-state index in [0.717, 1.165) is 0 Å². The van der Waals surface area contributed by atoms with Crippen LogP contribution in [0.3, 0.4) is 0 Å². The highest BCUT2D eigenvalue weighted by Gasteiger charge is 2.33. The van der Waals surface area contributed by atoms with E-state index in [0.29, 0.717) is 20.1 Å². The lowest BCUT2D eigenvalue weighted by Gasteiger charge is -2.27. The highest BCUT2D eigenvalue weighted by molar-refractivity contribution is 6.67. The largest absolute Gasteiger partial charge is 0.509 e. The van der Waals surface area contributed by atoms with Gasteiger partial charge in [-0.2, -0.15) is 0 Å². The van der Waals surface area contributed by atoms with E-state index in [1.165, 1.54) is 0 Å². The molecule has 0 bridgehead atoms. The number of hydrogen-bond donors (Lipinski definition) is 0. The third-order valence-corrected chi connectivity index (χ3v) is 6.26. The molecule has 0 aliphatic rings. The molecule has 2 rings (SSSR count). The highest BCUT2D eigenvalue weighted by Crippen LogP contribution is 2.42. The first-order valence-electron chi connectivity index (χ1n) is 6.27. The topological polar surface area (TPSA) is 18.5 Å². The molecule has 0 atom stereocenters. The molecule has 0 saturated heterocycles. The maximum Gasteiger partial charge on any atom is 0.454 e. The lowest BCUT2D eigenvalue weighted by molar-refractivity contribution is 0.400. The number of benzene rings is 2. The van der Waals surface area contributed by atoms with Crippen LogP contribution in [0.4, 0.5) is 0 Å². The van der Waals surface area contributed by atoms with Crippen LogP contribution in [0.2, 0.25) is 43.2 Å². The molecule has 0 aliphatic heterocycles. The minimum atomic E-state index is -2.81. The Morgan fingerprint density at radius 2 is 0.913 bits per heavy atom.